The number of pyridine rings is 1. The zero-order valence-corrected chi connectivity index (χ0v) is 18.2. The molecule has 1 aromatic heterocycles. The monoisotopic (exact) mass is 439 g/mol. The predicted octanol–water partition coefficient (Wildman–Crippen LogP) is 3.25. The van der Waals surface area contributed by atoms with Crippen molar-refractivity contribution in [2.75, 3.05) is 17.6 Å². The molecule has 3 aromatic rings. The van der Waals surface area contributed by atoms with Crippen LogP contribution in [0.2, 0.25) is 0 Å². The van der Waals surface area contributed by atoms with Crippen LogP contribution in [-0.2, 0) is 16.4 Å². The largest absolute Gasteiger partial charge is 0.396 e. The van der Waals surface area contributed by atoms with Gasteiger partial charge in [0.15, 0.2) is 5.82 Å². The number of aryl methyl sites for hydroxylation is 2. The smallest absolute Gasteiger partial charge is 0.328 e. The van der Waals surface area contributed by atoms with Crippen LogP contribution in [0.15, 0.2) is 65.7 Å². The van der Waals surface area contributed by atoms with E-state index in [1.54, 1.807) is 18.3 Å². The maximum Gasteiger partial charge on any atom is 0.328 e. The fraction of sp³-hybridized carbons (Fsp3) is 0.182. The van der Waals surface area contributed by atoms with Gasteiger partial charge < -0.3 is 16.4 Å². The third-order valence-corrected chi connectivity index (χ3v) is 6.03. The van der Waals surface area contributed by atoms with Crippen LogP contribution in [0.4, 0.5) is 22.0 Å². The summed E-state index contributed by atoms with van der Waals surface area (Å²) in [6.07, 6.45) is 2.24. The maximum absolute atomic E-state index is 12.2. The minimum absolute atomic E-state index is 0.0417. The number of nitrogens with one attached hydrogen (secondary N) is 3. The molecule has 8 nitrogen and oxygen atoms in total. The molecule has 0 spiro atoms. The number of anilines is 3. The number of amides is 2. The van der Waals surface area contributed by atoms with E-state index in [0.29, 0.717) is 17.9 Å². The van der Waals surface area contributed by atoms with Gasteiger partial charge >= 0.3 is 6.03 Å². The number of carbonyl (C=O) groups is 1. The first-order valence-electron chi connectivity index (χ1n) is 9.69. The number of hydrogen-bond donors (Lipinski definition) is 4. The summed E-state index contributed by atoms with van der Waals surface area (Å²) in [6.45, 7) is 4.06. The van der Waals surface area contributed by atoms with E-state index < -0.39 is 16.1 Å². The minimum Gasteiger partial charge on any atom is -0.396 e. The second-order valence-electron chi connectivity index (χ2n) is 7.14. The number of nitrogens with two attached hydrogens (primary N) is 1. The Kier molecular flexibility index (Phi) is 6.76. The van der Waals surface area contributed by atoms with Gasteiger partial charge in [0.2, 0.25) is 0 Å². The molecule has 9 heteroatoms. The molecule has 0 saturated heterocycles. The van der Waals surface area contributed by atoms with Crippen LogP contribution in [0.3, 0.4) is 0 Å². The quantitative estimate of drug-likeness (QED) is 0.448. The standard InChI is InChI=1S/C22H25N5O3S/c1-15-3-9-19(10-4-15)31(29,30)27-22(28)25-14-12-17-5-7-18(8-6-17)26-21-20(23)16(2)11-13-24-21/h3-11,13H,12,14,23H2,1-2H3,(H,24,26)(H2,25,27,28). The number of carbonyl (C=O) groups excluding carboxylic acids is 1. The Hall–Kier alpha value is -3.59. The molecule has 0 aliphatic carbocycles. The third kappa shape index (κ3) is 5.95. The molecule has 162 valence electrons. The van der Waals surface area contributed by atoms with Crippen molar-refractivity contribution >= 4 is 33.2 Å². The van der Waals surface area contributed by atoms with Crippen molar-refractivity contribution < 1.29 is 13.2 Å². The zero-order chi connectivity index (χ0) is 22.4. The van der Waals surface area contributed by atoms with Gasteiger partial charge in [0.25, 0.3) is 10.0 Å². The molecule has 1 heterocycles. The summed E-state index contributed by atoms with van der Waals surface area (Å²) in [5.41, 5.74) is 10.3. The van der Waals surface area contributed by atoms with Crippen LogP contribution in [0.25, 0.3) is 0 Å². The van der Waals surface area contributed by atoms with Crippen molar-refractivity contribution in [1.29, 1.82) is 0 Å². The van der Waals surface area contributed by atoms with Crippen molar-refractivity contribution in [3.8, 4) is 0 Å². The van der Waals surface area contributed by atoms with Gasteiger partial charge in [-0.05, 0) is 61.7 Å². The van der Waals surface area contributed by atoms with E-state index in [0.717, 1.165) is 22.4 Å². The van der Waals surface area contributed by atoms with Gasteiger partial charge in [0.05, 0.1) is 10.6 Å². The average molecular weight is 440 g/mol. The minimum atomic E-state index is -3.90. The summed E-state index contributed by atoms with van der Waals surface area (Å²) in [4.78, 5) is 16.3. The molecule has 0 aliphatic rings. The van der Waals surface area contributed by atoms with Gasteiger partial charge in [-0.2, -0.15) is 0 Å². The van der Waals surface area contributed by atoms with Crippen molar-refractivity contribution in [2.45, 2.75) is 25.2 Å². The van der Waals surface area contributed by atoms with Crippen LogP contribution in [0, 0.1) is 13.8 Å². The summed E-state index contributed by atoms with van der Waals surface area (Å²) < 4.78 is 26.5. The molecule has 0 atom stereocenters. The second-order valence-corrected chi connectivity index (χ2v) is 8.82. The van der Waals surface area contributed by atoms with E-state index in [1.165, 1.54) is 12.1 Å². The lowest BCUT2D eigenvalue weighted by Gasteiger charge is -2.11. The molecule has 31 heavy (non-hydrogen) atoms. The number of rotatable bonds is 7. The number of hydrogen-bond acceptors (Lipinski definition) is 6. The van der Waals surface area contributed by atoms with E-state index in [2.05, 4.69) is 15.6 Å². The molecule has 0 radical (unpaired) electrons. The fourth-order valence-electron chi connectivity index (χ4n) is 2.82. The van der Waals surface area contributed by atoms with Crippen molar-refractivity contribution in [2.24, 2.45) is 0 Å². The Labute approximate surface area is 182 Å². The van der Waals surface area contributed by atoms with Crippen molar-refractivity contribution in [3.63, 3.8) is 0 Å². The molecule has 0 fully saturated rings. The number of sulfonamides is 1. The first-order valence-corrected chi connectivity index (χ1v) is 11.2. The Bertz CT molecular complexity index is 1160. The van der Waals surface area contributed by atoms with Gasteiger partial charge in [-0.15, -0.1) is 0 Å². The second kappa shape index (κ2) is 9.48. The van der Waals surface area contributed by atoms with Gasteiger partial charge in [-0.25, -0.2) is 22.9 Å². The number of aromatic nitrogens is 1. The van der Waals surface area contributed by atoms with E-state index >= 15 is 0 Å². The Morgan fingerprint density at radius 2 is 1.68 bits per heavy atom. The maximum atomic E-state index is 12.2. The fourth-order valence-corrected chi connectivity index (χ4v) is 3.74. The Morgan fingerprint density at radius 1 is 1.00 bits per heavy atom. The SMILES string of the molecule is Cc1ccc(S(=O)(=O)NC(=O)NCCc2ccc(Nc3nccc(C)c3N)cc2)cc1. The summed E-state index contributed by atoms with van der Waals surface area (Å²) in [5, 5.41) is 5.74. The van der Waals surface area contributed by atoms with E-state index in [4.69, 9.17) is 5.73 Å². The molecule has 0 bridgehead atoms. The van der Waals surface area contributed by atoms with Gasteiger partial charge in [-0.1, -0.05) is 29.8 Å². The van der Waals surface area contributed by atoms with Gasteiger partial charge in [0.1, 0.15) is 0 Å². The normalized spacial score (nSPS) is 11.0. The molecule has 3 rings (SSSR count). The number of urea groups is 1. The molecular formula is C22H25N5O3S. The van der Waals surface area contributed by atoms with Crippen molar-refractivity contribution in [3.05, 3.63) is 77.5 Å². The highest BCUT2D eigenvalue weighted by Crippen LogP contribution is 2.23. The van der Waals surface area contributed by atoms with Crippen molar-refractivity contribution in [1.82, 2.24) is 15.0 Å². The number of nitrogen functional groups attached to an aromatic ring is 1. The molecule has 0 saturated carbocycles. The van der Waals surface area contributed by atoms with Gasteiger partial charge in [-0.3, -0.25) is 0 Å². The van der Waals surface area contributed by atoms with Crippen LogP contribution in [0.1, 0.15) is 16.7 Å². The summed E-state index contributed by atoms with van der Waals surface area (Å²) in [6, 6.07) is 15.0. The van der Waals surface area contributed by atoms with Crippen LogP contribution in [-0.4, -0.2) is 26.0 Å². The Balaban J connectivity index is 1.49. The third-order valence-electron chi connectivity index (χ3n) is 4.68. The lowest BCUT2D eigenvalue weighted by molar-refractivity contribution is 0.246. The van der Waals surface area contributed by atoms with Gasteiger partial charge in [0, 0.05) is 18.4 Å². The molecule has 0 unspecified atom stereocenters. The van der Waals surface area contributed by atoms with E-state index in [9.17, 15) is 13.2 Å². The highest BCUT2D eigenvalue weighted by molar-refractivity contribution is 7.90. The summed E-state index contributed by atoms with van der Waals surface area (Å²) >= 11 is 0. The highest BCUT2D eigenvalue weighted by atomic mass is 32.2. The van der Waals surface area contributed by atoms with Crippen LogP contribution < -0.4 is 21.1 Å². The predicted molar refractivity (Wildman–Crippen MR) is 122 cm³/mol. The first kappa shape index (κ1) is 22.1. The molecule has 2 aromatic carbocycles. The first-order chi connectivity index (χ1) is 14.7. The molecular weight excluding hydrogens is 414 g/mol. The number of benzene rings is 2. The van der Waals surface area contributed by atoms with Crippen LogP contribution in [0.5, 0.6) is 0 Å². The Morgan fingerprint density at radius 3 is 2.35 bits per heavy atom. The number of nitrogens with zero attached hydrogens (tertiary/aromatic N) is 1. The molecule has 2 amide bonds. The summed E-state index contributed by atoms with van der Waals surface area (Å²) in [5.74, 6) is 0.598. The summed E-state index contributed by atoms with van der Waals surface area (Å²) in [7, 11) is -3.90. The zero-order valence-electron chi connectivity index (χ0n) is 17.3. The van der Waals surface area contributed by atoms with E-state index in [-0.39, 0.29) is 11.4 Å². The molecule has 5 N–H and O–H groups in total. The lowest BCUT2D eigenvalue weighted by Crippen LogP contribution is -2.40. The molecule has 0 aliphatic heterocycles. The van der Waals surface area contributed by atoms with E-state index in [1.807, 2.05) is 48.9 Å². The lowest BCUT2D eigenvalue weighted by atomic mass is 10.1. The average Bonchev–Trinajstić information content (AvgIpc) is 2.72. The highest BCUT2D eigenvalue weighted by Gasteiger charge is 2.16. The topological polar surface area (TPSA) is 126 Å². The van der Waals surface area contributed by atoms with Crippen LogP contribution >= 0.6 is 0 Å².